The number of rotatable bonds is 4. The van der Waals surface area contributed by atoms with Gasteiger partial charge in [-0.15, -0.1) is 0 Å². The molecule has 0 atom stereocenters. The van der Waals surface area contributed by atoms with E-state index in [9.17, 15) is 4.79 Å². The van der Waals surface area contributed by atoms with Gasteiger partial charge in [0.05, 0.1) is 11.9 Å². The fraction of sp³-hybridized carbons (Fsp3) is 0.600. The highest BCUT2D eigenvalue weighted by molar-refractivity contribution is 6.32. The number of hydrogen-bond donors (Lipinski definition) is 1. The number of hydrazine groups is 1. The van der Waals surface area contributed by atoms with Crippen molar-refractivity contribution in [2.24, 2.45) is 5.92 Å². The van der Waals surface area contributed by atoms with Crippen LogP contribution in [-0.2, 0) is 6.54 Å². The average Bonchev–Trinajstić information content (AvgIpc) is 2.16. The largest absolute Gasteiger partial charge is 0.316 e. The Kier molecular flexibility index (Phi) is 4.32. The van der Waals surface area contributed by atoms with E-state index < -0.39 is 0 Å². The van der Waals surface area contributed by atoms with Crippen LogP contribution in [0.25, 0.3) is 0 Å². The smallest absolute Gasteiger partial charge is 0.287 e. The molecular weight excluding hydrogens is 228 g/mol. The Bertz CT molecular complexity index is 414. The van der Waals surface area contributed by atoms with E-state index in [0.29, 0.717) is 18.2 Å². The van der Waals surface area contributed by atoms with Crippen molar-refractivity contribution >= 4 is 17.3 Å². The number of hydrogen-bond acceptors (Lipinski definition) is 4. The highest BCUT2D eigenvalue weighted by atomic mass is 35.5. The first kappa shape index (κ1) is 13.0. The molecule has 1 aromatic rings. The summed E-state index contributed by atoms with van der Waals surface area (Å²) in [7, 11) is 3.63. The summed E-state index contributed by atoms with van der Waals surface area (Å²) in [5, 5.41) is 5.94. The van der Waals surface area contributed by atoms with Crippen molar-refractivity contribution in [1.29, 1.82) is 0 Å². The quantitative estimate of drug-likeness (QED) is 0.815. The third-order valence-electron chi connectivity index (χ3n) is 1.87. The van der Waals surface area contributed by atoms with E-state index in [0.717, 1.165) is 0 Å². The molecule has 0 saturated heterocycles. The van der Waals surface area contributed by atoms with Crippen LogP contribution in [-0.4, -0.2) is 28.9 Å². The molecule has 5 nitrogen and oxygen atoms in total. The fourth-order valence-electron chi connectivity index (χ4n) is 1.26. The number of anilines is 1. The maximum absolute atomic E-state index is 11.8. The van der Waals surface area contributed by atoms with E-state index in [2.05, 4.69) is 10.5 Å². The van der Waals surface area contributed by atoms with Gasteiger partial charge in [-0.05, 0) is 5.92 Å². The van der Waals surface area contributed by atoms with Gasteiger partial charge in [-0.1, -0.05) is 25.4 Å². The van der Waals surface area contributed by atoms with Gasteiger partial charge < -0.3 is 5.43 Å². The Hall–Kier alpha value is -1.07. The second kappa shape index (κ2) is 5.32. The van der Waals surface area contributed by atoms with Gasteiger partial charge in [-0.3, -0.25) is 4.79 Å². The van der Waals surface area contributed by atoms with Gasteiger partial charge >= 0.3 is 0 Å². The van der Waals surface area contributed by atoms with Crippen LogP contribution in [0.1, 0.15) is 13.8 Å². The molecule has 0 aliphatic heterocycles. The lowest BCUT2D eigenvalue weighted by molar-refractivity contribution is 0.460. The van der Waals surface area contributed by atoms with E-state index in [4.69, 9.17) is 11.6 Å². The lowest BCUT2D eigenvalue weighted by atomic mass is 10.2. The molecular formula is C10H17ClN4O. The summed E-state index contributed by atoms with van der Waals surface area (Å²) in [4.78, 5) is 11.8. The van der Waals surface area contributed by atoms with E-state index >= 15 is 0 Å². The first-order valence-corrected chi connectivity index (χ1v) is 5.49. The van der Waals surface area contributed by atoms with Crippen LogP contribution < -0.4 is 11.0 Å². The van der Waals surface area contributed by atoms with Crippen LogP contribution in [0.15, 0.2) is 11.0 Å². The summed E-state index contributed by atoms with van der Waals surface area (Å²) in [6, 6.07) is 0. The minimum Gasteiger partial charge on any atom is -0.316 e. The van der Waals surface area contributed by atoms with Gasteiger partial charge in [-0.2, -0.15) is 5.10 Å². The van der Waals surface area contributed by atoms with Crippen molar-refractivity contribution < 1.29 is 0 Å². The van der Waals surface area contributed by atoms with Crippen LogP contribution in [0.3, 0.4) is 0 Å². The highest BCUT2D eigenvalue weighted by Gasteiger charge is 2.10. The molecule has 16 heavy (non-hydrogen) atoms. The van der Waals surface area contributed by atoms with Crippen LogP contribution >= 0.6 is 11.6 Å². The first-order chi connectivity index (χ1) is 7.41. The van der Waals surface area contributed by atoms with Gasteiger partial charge in [0.2, 0.25) is 0 Å². The molecule has 0 aliphatic carbocycles. The Morgan fingerprint density at radius 1 is 1.56 bits per heavy atom. The van der Waals surface area contributed by atoms with Crippen molar-refractivity contribution in [2.75, 3.05) is 19.5 Å². The molecule has 1 heterocycles. The molecule has 1 aromatic heterocycles. The predicted molar refractivity (Wildman–Crippen MR) is 65.7 cm³/mol. The van der Waals surface area contributed by atoms with Crippen molar-refractivity contribution in [1.82, 2.24) is 14.8 Å². The van der Waals surface area contributed by atoms with Gasteiger partial charge in [0, 0.05) is 20.6 Å². The van der Waals surface area contributed by atoms with Crippen molar-refractivity contribution in [3.8, 4) is 0 Å². The molecule has 0 amide bonds. The molecule has 0 fully saturated rings. The summed E-state index contributed by atoms with van der Waals surface area (Å²) < 4.78 is 1.38. The van der Waals surface area contributed by atoms with Gasteiger partial charge in [0.1, 0.15) is 5.02 Å². The van der Waals surface area contributed by atoms with Crippen LogP contribution in [0.5, 0.6) is 0 Å². The number of aromatic nitrogens is 2. The summed E-state index contributed by atoms with van der Waals surface area (Å²) in [5.41, 5.74) is 3.18. The number of nitrogens with one attached hydrogen (secondary N) is 1. The molecule has 0 aromatic carbocycles. The normalized spacial score (nSPS) is 11.2. The predicted octanol–water partition coefficient (Wildman–Crippen LogP) is 1.44. The summed E-state index contributed by atoms with van der Waals surface area (Å²) in [6.45, 7) is 4.61. The first-order valence-electron chi connectivity index (χ1n) is 5.11. The van der Waals surface area contributed by atoms with E-state index in [1.807, 2.05) is 27.9 Å². The van der Waals surface area contributed by atoms with Gasteiger partial charge in [0.15, 0.2) is 0 Å². The standard InChI is InChI=1S/C10H17ClN4O/c1-7(2)6-15-10(16)9(11)8(5-12-15)13-14(3)4/h5,7,13H,6H2,1-4H3. The SMILES string of the molecule is CC(C)Cn1ncc(NN(C)C)c(Cl)c1=O. The second-order valence-electron chi connectivity index (χ2n) is 4.26. The molecule has 1 rings (SSSR count). The van der Waals surface area contributed by atoms with Gasteiger partial charge in [-0.25, -0.2) is 9.69 Å². The molecule has 6 heteroatoms. The van der Waals surface area contributed by atoms with E-state index in [1.54, 1.807) is 11.2 Å². The zero-order chi connectivity index (χ0) is 12.3. The molecule has 1 N–H and O–H groups in total. The van der Waals surface area contributed by atoms with E-state index in [-0.39, 0.29) is 10.6 Å². The molecule has 0 unspecified atom stereocenters. The van der Waals surface area contributed by atoms with Crippen molar-refractivity contribution in [2.45, 2.75) is 20.4 Å². The molecule has 0 saturated carbocycles. The van der Waals surface area contributed by atoms with Crippen molar-refractivity contribution in [3.63, 3.8) is 0 Å². The molecule has 0 bridgehead atoms. The Morgan fingerprint density at radius 3 is 2.69 bits per heavy atom. The Morgan fingerprint density at radius 2 is 2.19 bits per heavy atom. The average molecular weight is 245 g/mol. The maximum atomic E-state index is 11.8. The van der Waals surface area contributed by atoms with Gasteiger partial charge in [0.25, 0.3) is 5.56 Å². The Balaban J connectivity index is 3.04. The highest BCUT2D eigenvalue weighted by Crippen LogP contribution is 2.15. The summed E-state index contributed by atoms with van der Waals surface area (Å²) >= 11 is 5.96. The Labute approximate surface area is 100.0 Å². The van der Waals surface area contributed by atoms with Crippen LogP contribution in [0.4, 0.5) is 5.69 Å². The maximum Gasteiger partial charge on any atom is 0.287 e. The zero-order valence-corrected chi connectivity index (χ0v) is 10.7. The second-order valence-corrected chi connectivity index (χ2v) is 4.64. The third-order valence-corrected chi connectivity index (χ3v) is 2.23. The molecule has 0 radical (unpaired) electrons. The summed E-state index contributed by atoms with van der Waals surface area (Å²) in [5.74, 6) is 0.355. The monoisotopic (exact) mass is 244 g/mol. The van der Waals surface area contributed by atoms with Crippen LogP contribution in [0.2, 0.25) is 5.02 Å². The molecule has 90 valence electrons. The minimum absolute atomic E-state index is 0.171. The lowest BCUT2D eigenvalue weighted by Crippen LogP contribution is -2.28. The van der Waals surface area contributed by atoms with E-state index in [1.165, 1.54) is 4.68 Å². The number of halogens is 1. The zero-order valence-electron chi connectivity index (χ0n) is 9.99. The fourth-order valence-corrected chi connectivity index (χ4v) is 1.45. The summed E-state index contributed by atoms with van der Waals surface area (Å²) in [6.07, 6.45) is 1.56. The topological polar surface area (TPSA) is 50.2 Å². The van der Waals surface area contributed by atoms with Crippen molar-refractivity contribution in [3.05, 3.63) is 21.6 Å². The third kappa shape index (κ3) is 3.21. The molecule has 0 spiro atoms. The minimum atomic E-state index is -0.262. The van der Waals surface area contributed by atoms with Crippen LogP contribution in [0, 0.1) is 5.92 Å². The molecule has 0 aliphatic rings. The lowest BCUT2D eigenvalue weighted by Gasteiger charge is -2.15. The number of nitrogens with zero attached hydrogens (tertiary/aromatic N) is 3.